The van der Waals surface area contributed by atoms with Crippen molar-refractivity contribution in [1.82, 2.24) is 0 Å². The zero-order valence-electron chi connectivity index (χ0n) is 9.53. The van der Waals surface area contributed by atoms with Crippen LogP contribution in [0.2, 0.25) is 0 Å². The van der Waals surface area contributed by atoms with Crippen LogP contribution in [0.15, 0.2) is 30.6 Å². The van der Waals surface area contributed by atoms with Gasteiger partial charge in [-0.15, -0.1) is 11.8 Å². The number of benzene rings is 1. The average molecular weight is 264 g/mol. The molecule has 0 saturated heterocycles. The van der Waals surface area contributed by atoms with Crippen molar-refractivity contribution >= 4 is 34.9 Å². The lowest BCUT2D eigenvalue weighted by molar-refractivity contribution is -0.133. The van der Waals surface area contributed by atoms with E-state index in [0.29, 0.717) is 11.4 Å². The van der Waals surface area contributed by atoms with Gasteiger partial charge in [-0.25, -0.2) is 0 Å². The molecule has 1 aromatic carbocycles. The zero-order valence-corrected chi connectivity index (χ0v) is 10.3. The fraction of sp³-hybridized carbons (Fsp3) is 0.167. The Morgan fingerprint density at radius 3 is 2.67 bits per heavy atom. The van der Waals surface area contributed by atoms with E-state index in [1.54, 1.807) is 18.2 Å². The molecule has 0 saturated carbocycles. The molecule has 0 atom stereocenters. The maximum absolute atomic E-state index is 11.8. The number of carboxylic acids is 1. The Morgan fingerprint density at radius 1 is 1.22 bits per heavy atom. The summed E-state index contributed by atoms with van der Waals surface area (Å²) in [7, 11) is 0. The molecule has 6 heteroatoms. The second kappa shape index (κ2) is 5.14. The minimum atomic E-state index is -0.913. The quantitative estimate of drug-likeness (QED) is 0.706. The maximum atomic E-state index is 11.8. The topological polar surface area (TPSA) is 78.4 Å². The summed E-state index contributed by atoms with van der Waals surface area (Å²) in [4.78, 5) is 22.2. The molecule has 18 heavy (non-hydrogen) atoms. The van der Waals surface area contributed by atoms with Gasteiger partial charge in [0.2, 0.25) is 0 Å². The summed E-state index contributed by atoms with van der Waals surface area (Å²) in [6.07, 6.45) is 0. The van der Waals surface area contributed by atoms with E-state index >= 15 is 0 Å². The van der Waals surface area contributed by atoms with Gasteiger partial charge in [-0.2, -0.15) is 0 Å². The number of carboxylic acid groups (broad SMARTS) is 1. The van der Waals surface area contributed by atoms with Crippen molar-refractivity contribution < 1.29 is 14.7 Å². The van der Waals surface area contributed by atoms with Crippen molar-refractivity contribution in [2.45, 2.75) is 0 Å². The number of thioether (sulfide) groups is 1. The third kappa shape index (κ3) is 2.84. The summed E-state index contributed by atoms with van der Waals surface area (Å²) in [5, 5.41) is 14.5. The third-order valence-electron chi connectivity index (χ3n) is 2.37. The highest BCUT2D eigenvalue weighted by molar-refractivity contribution is 8.00. The van der Waals surface area contributed by atoms with Gasteiger partial charge >= 0.3 is 5.97 Å². The molecular weight excluding hydrogens is 252 g/mol. The van der Waals surface area contributed by atoms with Gasteiger partial charge < -0.3 is 15.7 Å². The molecule has 3 N–H and O–H groups in total. The smallest absolute Gasteiger partial charge is 0.313 e. The fourth-order valence-electron chi connectivity index (χ4n) is 1.60. The standard InChI is InChI=1S/C12H12N2O3S/c1-7-13-9-3-2-8(4-10(9)14-7)11(15)5-18-6-12(16)17/h2-4,13-14H,1,5-6H2,(H,16,17). The number of rotatable bonds is 5. The molecular formula is C12H12N2O3S. The van der Waals surface area contributed by atoms with E-state index in [2.05, 4.69) is 17.2 Å². The number of hydrogen-bond donors (Lipinski definition) is 3. The summed E-state index contributed by atoms with van der Waals surface area (Å²) in [6, 6.07) is 5.26. The van der Waals surface area contributed by atoms with E-state index in [0.717, 1.165) is 23.1 Å². The van der Waals surface area contributed by atoms with Crippen molar-refractivity contribution in [1.29, 1.82) is 0 Å². The van der Waals surface area contributed by atoms with Crippen LogP contribution in [0.25, 0.3) is 0 Å². The highest BCUT2D eigenvalue weighted by atomic mass is 32.2. The number of Topliss-reactive ketones (excluding diaryl/α,β-unsaturated/α-hetero) is 1. The van der Waals surface area contributed by atoms with E-state index in [-0.39, 0.29) is 17.3 Å². The van der Waals surface area contributed by atoms with Gasteiger partial charge in [-0.1, -0.05) is 6.58 Å². The van der Waals surface area contributed by atoms with Gasteiger partial charge in [-0.3, -0.25) is 9.59 Å². The molecule has 5 nitrogen and oxygen atoms in total. The first-order valence-electron chi connectivity index (χ1n) is 5.26. The lowest BCUT2D eigenvalue weighted by atomic mass is 10.1. The fourth-order valence-corrected chi connectivity index (χ4v) is 2.23. The number of ketones is 1. The number of nitrogens with one attached hydrogen (secondary N) is 2. The van der Waals surface area contributed by atoms with E-state index in [9.17, 15) is 9.59 Å². The van der Waals surface area contributed by atoms with Crippen LogP contribution in [0.5, 0.6) is 0 Å². The van der Waals surface area contributed by atoms with Crippen molar-refractivity contribution in [2.75, 3.05) is 22.1 Å². The second-order valence-electron chi connectivity index (χ2n) is 3.80. The van der Waals surface area contributed by atoms with Crippen LogP contribution >= 0.6 is 11.8 Å². The van der Waals surface area contributed by atoms with E-state index in [1.807, 2.05) is 0 Å². The summed E-state index contributed by atoms with van der Waals surface area (Å²) >= 11 is 1.10. The summed E-state index contributed by atoms with van der Waals surface area (Å²) in [5.41, 5.74) is 2.26. The van der Waals surface area contributed by atoms with E-state index < -0.39 is 5.97 Å². The molecule has 0 aromatic heterocycles. The van der Waals surface area contributed by atoms with Crippen LogP contribution in [-0.4, -0.2) is 28.4 Å². The van der Waals surface area contributed by atoms with Gasteiger partial charge in [0.05, 0.1) is 22.9 Å². The molecule has 1 aliphatic rings. The van der Waals surface area contributed by atoms with Gasteiger partial charge in [0.15, 0.2) is 5.78 Å². The average Bonchev–Trinajstić information content (AvgIpc) is 2.67. The molecule has 0 aliphatic carbocycles. The molecule has 2 rings (SSSR count). The van der Waals surface area contributed by atoms with Crippen LogP contribution in [0.4, 0.5) is 11.4 Å². The molecule has 1 aromatic rings. The van der Waals surface area contributed by atoms with Crippen molar-refractivity contribution in [3.05, 3.63) is 36.2 Å². The molecule has 0 bridgehead atoms. The Morgan fingerprint density at radius 2 is 1.94 bits per heavy atom. The van der Waals surface area contributed by atoms with Gasteiger partial charge in [0, 0.05) is 5.56 Å². The van der Waals surface area contributed by atoms with Gasteiger partial charge in [0.1, 0.15) is 5.82 Å². The molecule has 94 valence electrons. The third-order valence-corrected chi connectivity index (χ3v) is 3.29. The summed E-state index contributed by atoms with van der Waals surface area (Å²) < 4.78 is 0. The predicted molar refractivity (Wildman–Crippen MR) is 72.1 cm³/mol. The van der Waals surface area contributed by atoms with Gasteiger partial charge in [0.25, 0.3) is 0 Å². The lowest BCUT2D eigenvalue weighted by Crippen LogP contribution is -2.06. The first kappa shape index (κ1) is 12.5. The molecule has 0 radical (unpaired) electrons. The monoisotopic (exact) mass is 264 g/mol. The van der Waals surface area contributed by atoms with Crippen molar-refractivity contribution in [2.24, 2.45) is 0 Å². The number of anilines is 2. The zero-order chi connectivity index (χ0) is 13.1. The Balaban J connectivity index is 2.01. The largest absolute Gasteiger partial charge is 0.481 e. The molecule has 0 fully saturated rings. The van der Waals surface area contributed by atoms with Crippen LogP contribution in [0.1, 0.15) is 10.4 Å². The van der Waals surface area contributed by atoms with Crippen LogP contribution < -0.4 is 10.6 Å². The number of carbonyl (C=O) groups excluding carboxylic acids is 1. The lowest BCUT2D eigenvalue weighted by Gasteiger charge is -2.03. The minimum absolute atomic E-state index is 0.0622. The maximum Gasteiger partial charge on any atom is 0.313 e. The molecule has 0 amide bonds. The Kier molecular flexibility index (Phi) is 3.57. The van der Waals surface area contributed by atoms with E-state index in [1.165, 1.54) is 0 Å². The van der Waals surface area contributed by atoms with Crippen molar-refractivity contribution in [3.63, 3.8) is 0 Å². The van der Waals surface area contributed by atoms with Gasteiger partial charge in [-0.05, 0) is 18.2 Å². The first-order valence-corrected chi connectivity index (χ1v) is 6.41. The first-order chi connectivity index (χ1) is 8.56. The highest BCUT2D eigenvalue weighted by Gasteiger charge is 2.15. The Labute approximate surface area is 108 Å². The number of carbonyl (C=O) groups is 2. The molecule has 0 unspecified atom stereocenters. The number of aliphatic carboxylic acids is 1. The SMILES string of the molecule is C=C1Nc2ccc(C(=O)CSCC(=O)O)cc2N1. The predicted octanol–water partition coefficient (Wildman–Crippen LogP) is 2.00. The number of fused-ring (bicyclic) bond motifs is 1. The number of hydrogen-bond acceptors (Lipinski definition) is 5. The molecule has 0 spiro atoms. The van der Waals surface area contributed by atoms with Crippen LogP contribution in [-0.2, 0) is 4.79 Å². The molecule has 1 aliphatic heterocycles. The summed E-state index contributed by atoms with van der Waals surface area (Å²) in [6.45, 7) is 3.74. The van der Waals surface area contributed by atoms with Crippen molar-refractivity contribution in [3.8, 4) is 0 Å². The summed E-state index contributed by atoms with van der Waals surface area (Å²) in [5.74, 6) is -0.214. The Hall–Kier alpha value is -1.95. The molecule has 1 heterocycles. The van der Waals surface area contributed by atoms with E-state index in [4.69, 9.17) is 5.11 Å². The Bertz CT molecular complexity index is 528. The minimum Gasteiger partial charge on any atom is -0.481 e. The highest BCUT2D eigenvalue weighted by Crippen LogP contribution is 2.30. The normalized spacial score (nSPS) is 12.6. The van der Waals surface area contributed by atoms with Crippen LogP contribution in [0, 0.1) is 0 Å². The van der Waals surface area contributed by atoms with Crippen LogP contribution in [0.3, 0.4) is 0 Å². The second-order valence-corrected chi connectivity index (χ2v) is 4.78.